The molecule has 0 saturated heterocycles. The van der Waals surface area contributed by atoms with Crippen molar-refractivity contribution in [3.05, 3.63) is 82.4 Å². The van der Waals surface area contributed by atoms with Gasteiger partial charge in [0, 0.05) is 17.8 Å². The highest BCUT2D eigenvalue weighted by Crippen LogP contribution is 2.38. The summed E-state index contributed by atoms with van der Waals surface area (Å²) in [6.07, 6.45) is 0. The van der Waals surface area contributed by atoms with Gasteiger partial charge < -0.3 is 5.32 Å². The third-order valence-corrected chi connectivity index (χ3v) is 4.13. The van der Waals surface area contributed by atoms with Gasteiger partial charge in [-0.15, -0.1) is 0 Å². The van der Waals surface area contributed by atoms with E-state index in [1.165, 1.54) is 19.1 Å². The van der Waals surface area contributed by atoms with Gasteiger partial charge in [-0.05, 0) is 24.2 Å². The fraction of sp³-hybridized carbons (Fsp3) is 0.167. The van der Waals surface area contributed by atoms with Crippen molar-refractivity contribution in [2.45, 2.75) is 19.0 Å². The van der Waals surface area contributed by atoms with E-state index < -0.39 is 11.3 Å². The molecule has 2 nitrogen and oxygen atoms in total. The van der Waals surface area contributed by atoms with Crippen LogP contribution in [0.5, 0.6) is 0 Å². The van der Waals surface area contributed by atoms with Crippen molar-refractivity contribution < 1.29 is 18.0 Å². The van der Waals surface area contributed by atoms with Gasteiger partial charge in [0.15, 0.2) is 0 Å². The number of carbonyl (C=O) groups excluding carboxylic acids is 1. The molecule has 0 heterocycles. The number of Topliss-reactive ketones (excluding diaryl/α,β-unsaturated/α-hetero) is 1. The second kappa shape index (κ2) is 8.06. The second-order valence-electron chi connectivity index (χ2n) is 5.04. The van der Waals surface area contributed by atoms with Crippen LogP contribution in [0, 0.1) is 0 Å². The molecule has 0 saturated carbocycles. The predicted molar refractivity (Wildman–Crippen MR) is 90.4 cm³/mol. The molecule has 126 valence electrons. The number of halogens is 3. The highest BCUT2D eigenvalue weighted by atomic mass is 32.2. The first-order valence-corrected chi connectivity index (χ1v) is 8.02. The molecule has 0 amide bonds. The van der Waals surface area contributed by atoms with Gasteiger partial charge in [0.25, 0.3) is 0 Å². The standard InChI is InChI=1S/C18H16F3NOS/c1-13(22-12-14-8-4-2-5-9-14)17(24-18(19,20)21)16(23)15-10-6-3-7-11-15/h2-11,22H,12H2,1H3/b17-13+. The SMILES string of the molecule is C/C(NCc1ccccc1)=C(\SC(F)(F)F)C(=O)c1ccccc1. The summed E-state index contributed by atoms with van der Waals surface area (Å²) in [6.45, 7) is 1.83. The highest BCUT2D eigenvalue weighted by molar-refractivity contribution is 8.04. The molecule has 2 rings (SSSR count). The maximum atomic E-state index is 12.9. The first kappa shape index (κ1) is 18.1. The Balaban J connectivity index is 2.25. The molecular weight excluding hydrogens is 335 g/mol. The van der Waals surface area contributed by atoms with Crippen molar-refractivity contribution in [3.8, 4) is 0 Å². The fourth-order valence-corrected chi connectivity index (χ4v) is 2.71. The lowest BCUT2D eigenvalue weighted by molar-refractivity contribution is -0.0322. The number of hydrogen-bond donors (Lipinski definition) is 1. The zero-order valence-electron chi connectivity index (χ0n) is 12.9. The second-order valence-corrected chi connectivity index (χ2v) is 6.11. The Morgan fingerprint density at radius 1 is 1.00 bits per heavy atom. The van der Waals surface area contributed by atoms with Crippen molar-refractivity contribution >= 4 is 17.5 Å². The number of allylic oxidation sites excluding steroid dienone is 2. The Hall–Kier alpha value is -2.21. The lowest BCUT2D eigenvalue weighted by Gasteiger charge is -2.15. The van der Waals surface area contributed by atoms with Gasteiger partial charge >= 0.3 is 5.51 Å². The van der Waals surface area contributed by atoms with Crippen LogP contribution >= 0.6 is 11.8 Å². The summed E-state index contributed by atoms with van der Waals surface area (Å²) in [7, 11) is 0. The zero-order chi connectivity index (χ0) is 17.6. The van der Waals surface area contributed by atoms with Gasteiger partial charge in [0.05, 0.1) is 4.91 Å². The number of hydrogen-bond acceptors (Lipinski definition) is 3. The lowest BCUT2D eigenvalue weighted by atomic mass is 10.1. The molecule has 0 aliphatic heterocycles. The van der Waals surface area contributed by atoms with Crippen LogP contribution in [0.4, 0.5) is 13.2 Å². The van der Waals surface area contributed by atoms with Crippen LogP contribution in [0.2, 0.25) is 0 Å². The molecule has 1 N–H and O–H groups in total. The Morgan fingerprint density at radius 2 is 1.54 bits per heavy atom. The van der Waals surface area contributed by atoms with Crippen LogP contribution in [-0.2, 0) is 6.54 Å². The Bertz CT molecular complexity index is 712. The smallest absolute Gasteiger partial charge is 0.383 e. The van der Waals surface area contributed by atoms with E-state index >= 15 is 0 Å². The molecule has 0 aliphatic rings. The third kappa shape index (κ3) is 5.45. The molecule has 0 unspecified atom stereocenters. The minimum atomic E-state index is -4.53. The molecule has 24 heavy (non-hydrogen) atoms. The molecule has 6 heteroatoms. The summed E-state index contributed by atoms with van der Waals surface area (Å²) in [5.74, 6) is -0.643. The normalized spacial score (nSPS) is 12.5. The minimum absolute atomic E-state index is 0.204. The summed E-state index contributed by atoms with van der Waals surface area (Å²) in [6, 6.07) is 17.2. The summed E-state index contributed by atoms with van der Waals surface area (Å²) in [5.41, 5.74) is -3.18. The maximum absolute atomic E-state index is 12.9. The van der Waals surface area contributed by atoms with Gasteiger partial charge in [-0.1, -0.05) is 60.7 Å². The fourth-order valence-electron chi connectivity index (χ4n) is 2.04. The number of ketones is 1. The van der Waals surface area contributed by atoms with E-state index in [-0.39, 0.29) is 27.9 Å². The molecular formula is C18H16F3NOS. The van der Waals surface area contributed by atoms with Gasteiger partial charge in [-0.25, -0.2) is 0 Å². The van der Waals surface area contributed by atoms with Crippen molar-refractivity contribution in [1.29, 1.82) is 0 Å². The van der Waals surface area contributed by atoms with E-state index in [9.17, 15) is 18.0 Å². The summed E-state index contributed by atoms with van der Waals surface area (Å²) < 4.78 is 38.6. The predicted octanol–water partition coefficient (Wildman–Crippen LogP) is 5.14. The van der Waals surface area contributed by atoms with Crippen LogP contribution in [0.15, 0.2) is 71.3 Å². The zero-order valence-corrected chi connectivity index (χ0v) is 13.7. The number of thioether (sulfide) groups is 1. The molecule has 0 aliphatic carbocycles. The van der Waals surface area contributed by atoms with Crippen LogP contribution < -0.4 is 5.32 Å². The van der Waals surface area contributed by atoms with Crippen LogP contribution in [0.25, 0.3) is 0 Å². The molecule has 0 radical (unpaired) electrons. The average Bonchev–Trinajstić information content (AvgIpc) is 2.58. The third-order valence-electron chi connectivity index (χ3n) is 3.20. The number of rotatable bonds is 6. The van der Waals surface area contributed by atoms with E-state index in [2.05, 4.69) is 5.32 Å². The van der Waals surface area contributed by atoms with Crippen molar-refractivity contribution in [2.24, 2.45) is 0 Å². The number of alkyl halides is 3. The summed E-state index contributed by atoms with van der Waals surface area (Å²) in [4.78, 5) is 12.1. The average molecular weight is 351 g/mol. The topological polar surface area (TPSA) is 29.1 Å². The molecule has 0 atom stereocenters. The first-order chi connectivity index (χ1) is 11.4. The Morgan fingerprint density at radius 3 is 2.08 bits per heavy atom. The molecule has 2 aromatic carbocycles. The molecule has 0 bridgehead atoms. The lowest BCUT2D eigenvalue weighted by Crippen LogP contribution is -2.17. The Labute approximate surface area is 142 Å². The van der Waals surface area contributed by atoms with Crippen LogP contribution in [0.3, 0.4) is 0 Å². The largest absolute Gasteiger partial charge is 0.446 e. The summed E-state index contributed by atoms with van der Waals surface area (Å²) in [5, 5.41) is 2.91. The molecule has 2 aromatic rings. The van der Waals surface area contributed by atoms with Crippen LogP contribution in [-0.4, -0.2) is 11.3 Å². The van der Waals surface area contributed by atoms with Gasteiger partial charge in [0.2, 0.25) is 5.78 Å². The van der Waals surface area contributed by atoms with E-state index in [0.717, 1.165) is 5.56 Å². The molecule has 0 fully saturated rings. The van der Waals surface area contributed by atoms with Gasteiger partial charge in [-0.3, -0.25) is 4.79 Å². The first-order valence-electron chi connectivity index (χ1n) is 7.21. The quantitative estimate of drug-likeness (QED) is 0.577. The maximum Gasteiger partial charge on any atom is 0.446 e. The van der Waals surface area contributed by atoms with Crippen molar-refractivity contribution in [2.75, 3.05) is 0 Å². The van der Waals surface area contributed by atoms with Crippen molar-refractivity contribution in [3.63, 3.8) is 0 Å². The van der Waals surface area contributed by atoms with Gasteiger partial charge in [0.1, 0.15) is 0 Å². The van der Waals surface area contributed by atoms with E-state index in [1.54, 1.807) is 18.2 Å². The molecule has 0 spiro atoms. The minimum Gasteiger partial charge on any atom is -0.383 e. The number of nitrogens with one attached hydrogen (secondary N) is 1. The van der Waals surface area contributed by atoms with Crippen molar-refractivity contribution in [1.82, 2.24) is 5.32 Å². The highest BCUT2D eigenvalue weighted by Gasteiger charge is 2.34. The van der Waals surface area contributed by atoms with E-state index in [0.29, 0.717) is 6.54 Å². The summed E-state index contributed by atoms with van der Waals surface area (Å²) >= 11 is -0.384. The molecule has 0 aromatic heterocycles. The van der Waals surface area contributed by atoms with E-state index in [1.807, 2.05) is 30.3 Å². The number of carbonyl (C=O) groups is 1. The van der Waals surface area contributed by atoms with Crippen LogP contribution in [0.1, 0.15) is 22.8 Å². The monoisotopic (exact) mass is 351 g/mol. The number of benzene rings is 2. The Kier molecular flexibility index (Phi) is 6.09. The van der Waals surface area contributed by atoms with Gasteiger partial charge in [-0.2, -0.15) is 13.2 Å². The van der Waals surface area contributed by atoms with E-state index in [4.69, 9.17) is 0 Å².